The maximum absolute atomic E-state index is 12.6. The molecule has 0 radical (unpaired) electrons. The third-order valence-corrected chi connectivity index (χ3v) is 4.87. The summed E-state index contributed by atoms with van der Waals surface area (Å²) in [6, 6.07) is 4.60. The van der Waals surface area contributed by atoms with Crippen LogP contribution in [0.15, 0.2) is 18.2 Å². The van der Waals surface area contributed by atoms with Gasteiger partial charge in [-0.15, -0.1) is 0 Å². The Morgan fingerprint density at radius 3 is 2.46 bits per heavy atom. The van der Waals surface area contributed by atoms with Crippen LogP contribution in [0.3, 0.4) is 0 Å². The van der Waals surface area contributed by atoms with E-state index in [1.807, 2.05) is 26.0 Å². The molecule has 1 aromatic heterocycles. The number of amides is 1. The van der Waals surface area contributed by atoms with Crippen LogP contribution < -0.4 is 5.32 Å². The van der Waals surface area contributed by atoms with E-state index in [0.717, 1.165) is 29.2 Å². The van der Waals surface area contributed by atoms with Crippen LogP contribution in [-0.4, -0.2) is 10.3 Å². The molecule has 1 atom stereocenters. The predicted octanol–water partition coefficient (Wildman–Crippen LogP) is 5.54. The zero-order chi connectivity index (χ0) is 18.1. The van der Waals surface area contributed by atoms with Crippen molar-refractivity contribution in [2.24, 2.45) is 0 Å². The maximum Gasteiger partial charge on any atom is 0.427 e. The quantitative estimate of drug-likeness (QED) is 0.781. The van der Waals surface area contributed by atoms with E-state index in [4.69, 9.17) is 0 Å². The molecule has 0 aliphatic heterocycles. The number of aryl methyl sites for hydroxylation is 2. The minimum absolute atomic E-state index is 0.0811. The van der Waals surface area contributed by atoms with Gasteiger partial charge in [0.25, 0.3) is 5.91 Å². The van der Waals surface area contributed by atoms with E-state index in [-0.39, 0.29) is 5.82 Å². The van der Waals surface area contributed by atoms with Gasteiger partial charge >= 0.3 is 6.18 Å². The lowest BCUT2D eigenvalue weighted by Crippen LogP contribution is -2.15. The number of nitrogens with one attached hydrogen (secondary N) is 1. The molecule has 130 valence electrons. The summed E-state index contributed by atoms with van der Waals surface area (Å²) in [5, 5.41) is 2.46. The first kappa shape index (κ1) is 18.4. The van der Waals surface area contributed by atoms with Crippen LogP contribution >= 0.6 is 11.5 Å². The molecule has 2 rings (SSSR count). The summed E-state index contributed by atoms with van der Waals surface area (Å²) in [4.78, 5) is 11.6. The third kappa shape index (κ3) is 3.95. The number of rotatable bonds is 4. The molecule has 0 spiro atoms. The van der Waals surface area contributed by atoms with Crippen molar-refractivity contribution in [3.63, 3.8) is 0 Å². The highest BCUT2D eigenvalue weighted by atomic mass is 32.1. The van der Waals surface area contributed by atoms with Crippen LogP contribution in [-0.2, 0) is 6.18 Å². The van der Waals surface area contributed by atoms with E-state index in [1.165, 1.54) is 0 Å². The van der Waals surface area contributed by atoms with Crippen LogP contribution in [0.4, 0.5) is 19.0 Å². The number of alkyl halides is 3. The topological polar surface area (TPSA) is 42.0 Å². The van der Waals surface area contributed by atoms with Gasteiger partial charge in [-0.2, -0.15) is 17.5 Å². The molecule has 1 aromatic carbocycles. The van der Waals surface area contributed by atoms with Crippen molar-refractivity contribution in [2.45, 2.75) is 46.2 Å². The molecule has 1 N–H and O–H groups in total. The second-order valence-corrected chi connectivity index (χ2v) is 6.67. The first-order chi connectivity index (χ1) is 11.1. The number of hydrogen-bond acceptors (Lipinski definition) is 3. The van der Waals surface area contributed by atoms with Gasteiger partial charge in [0.15, 0.2) is 0 Å². The number of nitrogens with zero attached hydrogens (tertiary/aromatic N) is 1. The number of carbonyl (C=O) groups is 1. The van der Waals surface area contributed by atoms with Gasteiger partial charge in [-0.05, 0) is 60.5 Å². The molecule has 1 heterocycles. The first-order valence-corrected chi connectivity index (χ1v) is 8.37. The fourth-order valence-electron chi connectivity index (χ4n) is 2.52. The van der Waals surface area contributed by atoms with Crippen LogP contribution in [0.2, 0.25) is 0 Å². The van der Waals surface area contributed by atoms with Crippen molar-refractivity contribution in [1.82, 2.24) is 4.37 Å². The third-order valence-electron chi connectivity index (χ3n) is 4.03. The number of anilines is 1. The van der Waals surface area contributed by atoms with E-state index in [0.29, 0.717) is 23.0 Å². The first-order valence-electron chi connectivity index (χ1n) is 7.59. The van der Waals surface area contributed by atoms with Crippen molar-refractivity contribution in [3.8, 4) is 0 Å². The maximum atomic E-state index is 12.6. The Bertz CT molecular complexity index is 753. The molecule has 3 nitrogen and oxygen atoms in total. The summed E-state index contributed by atoms with van der Waals surface area (Å²) in [5.74, 6) is -0.230. The molecule has 0 saturated carbocycles. The van der Waals surface area contributed by atoms with Crippen molar-refractivity contribution in [3.05, 3.63) is 45.3 Å². The fraction of sp³-hybridized carbons (Fsp3) is 0.412. The van der Waals surface area contributed by atoms with Gasteiger partial charge < -0.3 is 5.32 Å². The molecule has 0 fully saturated rings. The monoisotopic (exact) mass is 356 g/mol. The Labute approximate surface area is 143 Å². The van der Waals surface area contributed by atoms with Crippen molar-refractivity contribution in [2.75, 3.05) is 5.32 Å². The highest BCUT2D eigenvalue weighted by molar-refractivity contribution is 7.06. The number of hydrogen-bond donors (Lipinski definition) is 1. The zero-order valence-corrected chi connectivity index (χ0v) is 14.7. The lowest BCUT2D eigenvalue weighted by atomic mass is 9.90. The number of benzene rings is 1. The highest BCUT2D eigenvalue weighted by Gasteiger charge is 2.33. The van der Waals surface area contributed by atoms with Gasteiger partial charge in [-0.25, -0.2) is 0 Å². The van der Waals surface area contributed by atoms with Crippen LogP contribution in [0.5, 0.6) is 0 Å². The number of carbonyl (C=O) groups excluding carboxylic acids is 1. The Hall–Kier alpha value is -1.89. The average molecular weight is 356 g/mol. The minimum atomic E-state index is -4.45. The van der Waals surface area contributed by atoms with Gasteiger partial charge in [-0.1, -0.05) is 19.9 Å². The minimum Gasteiger partial charge on any atom is -0.306 e. The Morgan fingerprint density at radius 1 is 1.25 bits per heavy atom. The molecule has 24 heavy (non-hydrogen) atoms. The van der Waals surface area contributed by atoms with Crippen molar-refractivity contribution in [1.29, 1.82) is 0 Å². The summed E-state index contributed by atoms with van der Waals surface area (Å²) in [6.07, 6.45) is -3.52. The van der Waals surface area contributed by atoms with E-state index in [2.05, 4.69) is 23.5 Å². The van der Waals surface area contributed by atoms with Gasteiger partial charge in [0.2, 0.25) is 0 Å². The van der Waals surface area contributed by atoms with E-state index in [1.54, 1.807) is 0 Å². The van der Waals surface area contributed by atoms with Crippen LogP contribution in [0.25, 0.3) is 0 Å². The lowest BCUT2D eigenvalue weighted by Gasteiger charge is -2.16. The summed E-state index contributed by atoms with van der Waals surface area (Å²) >= 11 is 0.322. The second-order valence-electron chi connectivity index (χ2n) is 5.86. The molecule has 0 aliphatic carbocycles. The van der Waals surface area contributed by atoms with E-state index >= 15 is 0 Å². The summed E-state index contributed by atoms with van der Waals surface area (Å²) in [5.41, 5.74) is 3.41. The molecular formula is C17H19F3N2OS. The molecule has 0 aliphatic rings. The zero-order valence-electron chi connectivity index (χ0n) is 13.9. The lowest BCUT2D eigenvalue weighted by molar-refractivity contribution is -0.134. The van der Waals surface area contributed by atoms with Gasteiger partial charge in [0.1, 0.15) is 10.7 Å². The number of aromatic nitrogens is 1. The van der Waals surface area contributed by atoms with Crippen LogP contribution in [0.1, 0.15) is 58.1 Å². The van der Waals surface area contributed by atoms with Gasteiger partial charge in [0.05, 0.1) is 0 Å². The normalized spacial score (nSPS) is 13.0. The predicted molar refractivity (Wildman–Crippen MR) is 89.7 cm³/mol. The molecule has 2 aromatic rings. The second kappa shape index (κ2) is 6.93. The Kier molecular flexibility index (Phi) is 5.32. The molecule has 7 heteroatoms. The summed E-state index contributed by atoms with van der Waals surface area (Å²) < 4.78 is 41.5. The Morgan fingerprint density at radius 2 is 1.92 bits per heavy atom. The summed E-state index contributed by atoms with van der Waals surface area (Å²) in [6.45, 7) is 7.95. The SMILES string of the molecule is CCC(C)c1cc(C(=O)Nc2cc(C(F)(F)F)sn2)c(C)cc1C. The highest BCUT2D eigenvalue weighted by Crippen LogP contribution is 2.34. The van der Waals surface area contributed by atoms with Gasteiger partial charge in [0, 0.05) is 11.6 Å². The Balaban J connectivity index is 2.28. The molecule has 1 amide bonds. The van der Waals surface area contributed by atoms with E-state index in [9.17, 15) is 18.0 Å². The molecule has 0 bridgehead atoms. The molecule has 0 saturated heterocycles. The molecular weight excluding hydrogens is 337 g/mol. The van der Waals surface area contributed by atoms with Gasteiger partial charge in [-0.3, -0.25) is 4.79 Å². The fourth-order valence-corrected chi connectivity index (χ4v) is 3.08. The van der Waals surface area contributed by atoms with E-state index < -0.39 is 17.0 Å². The standard InChI is InChI=1S/C17H19F3N2OS/c1-5-9(2)12-7-13(11(4)6-10(12)3)16(23)21-15-8-14(24-22-15)17(18,19)20/h6-9H,5H2,1-4H3,(H,21,22,23). The smallest absolute Gasteiger partial charge is 0.306 e. The largest absolute Gasteiger partial charge is 0.427 e. The van der Waals surface area contributed by atoms with Crippen molar-refractivity contribution < 1.29 is 18.0 Å². The van der Waals surface area contributed by atoms with Crippen molar-refractivity contribution >= 4 is 23.3 Å². The summed E-state index contributed by atoms with van der Waals surface area (Å²) in [7, 11) is 0. The average Bonchev–Trinajstić information content (AvgIpc) is 2.95. The van der Waals surface area contributed by atoms with Crippen LogP contribution in [0, 0.1) is 13.8 Å². The number of halogens is 3. The molecule has 1 unspecified atom stereocenters.